The van der Waals surface area contributed by atoms with Crippen LogP contribution in [-0.2, 0) is 4.74 Å². The van der Waals surface area contributed by atoms with Crippen LogP contribution in [0.1, 0.15) is 37.0 Å². The summed E-state index contributed by atoms with van der Waals surface area (Å²) in [4.78, 5) is 34.5. The molecule has 0 unspecified atom stereocenters. The van der Waals surface area contributed by atoms with E-state index in [0.29, 0.717) is 25.9 Å². The first-order valence-corrected chi connectivity index (χ1v) is 7.17. The molecule has 0 aliphatic rings. The van der Waals surface area contributed by atoms with Crippen LogP contribution in [0.5, 0.6) is 0 Å². The molecule has 1 aromatic carbocycles. The van der Waals surface area contributed by atoms with Crippen molar-refractivity contribution in [3.8, 4) is 0 Å². The molecule has 126 valence electrons. The molecule has 0 saturated heterocycles. The number of hydrogen-bond acceptors (Lipinski definition) is 7. The summed E-state index contributed by atoms with van der Waals surface area (Å²) in [5.41, 5.74) is -1.23. The molecule has 0 aliphatic heterocycles. The lowest BCUT2D eigenvalue weighted by molar-refractivity contribution is -0.392. The number of anilines is 1. The Kier molecular flexibility index (Phi) is 6.43. The van der Waals surface area contributed by atoms with Crippen LogP contribution in [0.4, 0.5) is 17.1 Å². The van der Waals surface area contributed by atoms with Gasteiger partial charge in [-0.25, -0.2) is 4.79 Å². The number of hydrogen-bond donors (Lipinski definition) is 0. The van der Waals surface area contributed by atoms with Gasteiger partial charge < -0.3 is 9.64 Å². The van der Waals surface area contributed by atoms with Crippen LogP contribution in [0.25, 0.3) is 0 Å². The summed E-state index contributed by atoms with van der Waals surface area (Å²) in [5.74, 6) is -0.861. The van der Waals surface area contributed by atoms with Crippen LogP contribution in [0.15, 0.2) is 12.1 Å². The van der Waals surface area contributed by atoms with Crippen LogP contribution >= 0.6 is 0 Å². The van der Waals surface area contributed by atoms with Gasteiger partial charge in [0, 0.05) is 25.2 Å². The van der Waals surface area contributed by atoms with Crippen molar-refractivity contribution < 1.29 is 19.4 Å². The van der Waals surface area contributed by atoms with Gasteiger partial charge in [0.2, 0.25) is 0 Å². The van der Waals surface area contributed by atoms with Crippen LogP contribution in [0.3, 0.4) is 0 Å². The zero-order chi connectivity index (χ0) is 17.6. The van der Waals surface area contributed by atoms with E-state index in [4.69, 9.17) is 0 Å². The van der Waals surface area contributed by atoms with Gasteiger partial charge in [-0.3, -0.25) is 20.2 Å². The summed E-state index contributed by atoms with van der Waals surface area (Å²) in [7, 11) is 1.11. The molecule has 0 fully saturated rings. The predicted octanol–water partition coefficient (Wildman–Crippen LogP) is 2.92. The summed E-state index contributed by atoms with van der Waals surface area (Å²) in [5, 5.41) is 22.8. The Balaban J connectivity index is 3.66. The van der Waals surface area contributed by atoms with E-state index in [0.717, 1.165) is 19.2 Å². The summed E-state index contributed by atoms with van der Waals surface area (Å²) >= 11 is 0. The highest BCUT2D eigenvalue weighted by Crippen LogP contribution is 2.39. The maximum atomic E-state index is 11.6. The van der Waals surface area contributed by atoms with E-state index in [1.807, 2.05) is 13.8 Å². The summed E-state index contributed by atoms with van der Waals surface area (Å²) in [6, 6.07) is 2.04. The number of nitro benzene ring substituents is 2. The number of methoxy groups -OCH3 is 1. The van der Waals surface area contributed by atoms with E-state index >= 15 is 0 Å². The van der Waals surface area contributed by atoms with Crippen molar-refractivity contribution >= 4 is 23.0 Å². The van der Waals surface area contributed by atoms with Gasteiger partial charge >= 0.3 is 17.3 Å². The summed E-state index contributed by atoms with van der Waals surface area (Å²) in [6.07, 6.45) is 1.35. The fourth-order valence-electron chi connectivity index (χ4n) is 2.32. The van der Waals surface area contributed by atoms with Gasteiger partial charge in [-0.05, 0) is 12.8 Å². The maximum absolute atomic E-state index is 11.6. The quantitative estimate of drug-likeness (QED) is 0.410. The monoisotopic (exact) mass is 325 g/mol. The zero-order valence-electron chi connectivity index (χ0n) is 13.3. The summed E-state index contributed by atoms with van der Waals surface area (Å²) < 4.78 is 4.50. The Morgan fingerprint density at radius 3 is 1.83 bits per heavy atom. The average molecular weight is 325 g/mol. The van der Waals surface area contributed by atoms with E-state index in [1.54, 1.807) is 4.90 Å². The van der Waals surface area contributed by atoms with Crippen molar-refractivity contribution in [2.45, 2.75) is 26.7 Å². The molecule has 0 atom stereocenters. The molecule has 9 heteroatoms. The van der Waals surface area contributed by atoms with Crippen molar-refractivity contribution in [1.82, 2.24) is 0 Å². The lowest BCUT2D eigenvalue weighted by atomic mass is 10.1. The van der Waals surface area contributed by atoms with Crippen molar-refractivity contribution in [1.29, 1.82) is 0 Å². The van der Waals surface area contributed by atoms with E-state index in [1.165, 1.54) is 0 Å². The lowest BCUT2D eigenvalue weighted by Crippen LogP contribution is -2.27. The minimum absolute atomic E-state index is 0.0728. The topological polar surface area (TPSA) is 116 Å². The minimum atomic E-state index is -0.861. The smallest absolute Gasteiger partial charge is 0.338 e. The Morgan fingerprint density at radius 1 is 1.09 bits per heavy atom. The van der Waals surface area contributed by atoms with Crippen LogP contribution in [-0.4, -0.2) is 36.0 Å². The maximum Gasteiger partial charge on any atom is 0.338 e. The molecule has 0 N–H and O–H groups in total. The fraction of sp³-hybridized carbons (Fsp3) is 0.500. The molecule has 0 aromatic heterocycles. The molecule has 0 amide bonds. The first-order valence-electron chi connectivity index (χ1n) is 7.17. The third-order valence-electron chi connectivity index (χ3n) is 3.19. The molecular formula is C14H19N3O6. The number of benzene rings is 1. The van der Waals surface area contributed by atoms with Crippen molar-refractivity contribution in [2.24, 2.45) is 0 Å². The molecule has 0 heterocycles. The van der Waals surface area contributed by atoms with Crippen LogP contribution in [0, 0.1) is 20.2 Å². The number of carbonyl (C=O) groups is 1. The molecule has 0 bridgehead atoms. The Hall–Kier alpha value is -2.71. The van der Waals surface area contributed by atoms with E-state index in [-0.39, 0.29) is 11.3 Å². The normalized spacial score (nSPS) is 10.2. The van der Waals surface area contributed by atoms with Crippen molar-refractivity contribution in [3.05, 3.63) is 37.9 Å². The first-order chi connectivity index (χ1) is 10.9. The Morgan fingerprint density at radius 2 is 1.52 bits per heavy atom. The highest BCUT2D eigenvalue weighted by Gasteiger charge is 2.32. The molecular weight excluding hydrogens is 306 g/mol. The predicted molar refractivity (Wildman–Crippen MR) is 83.9 cm³/mol. The van der Waals surface area contributed by atoms with Crippen LogP contribution < -0.4 is 4.90 Å². The third-order valence-corrected chi connectivity index (χ3v) is 3.19. The molecule has 0 spiro atoms. The second-order valence-corrected chi connectivity index (χ2v) is 4.86. The third kappa shape index (κ3) is 4.15. The molecule has 0 radical (unpaired) electrons. The van der Waals surface area contributed by atoms with Crippen molar-refractivity contribution in [3.63, 3.8) is 0 Å². The van der Waals surface area contributed by atoms with E-state index in [2.05, 4.69) is 4.74 Å². The fourth-order valence-corrected chi connectivity index (χ4v) is 2.32. The van der Waals surface area contributed by atoms with Gasteiger partial charge in [-0.1, -0.05) is 13.8 Å². The minimum Gasteiger partial charge on any atom is -0.465 e. The van der Waals surface area contributed by atoms with Gasteiger partial charge in [0.05, 0.1) is 22.5 Å². The number of nitro groups is 2. The van der Waals surface area contributed by atoms with Gasteiger partial charge in [0.25, 0.3) is 0 Å². The highest BCUT2D eigenvalue weighted by atomic mass is 16.6. The molecule has 0 aliphatic carbocycles. The number of nitrogens with zero attached hydrogens (tertiary/aromatic N) is 3. The van der Waals surface area contributed by atoms with Gasteiger partial charge in [0.1, 0.15) is 0 Å². The van der Waals surface area contributed by atoms with E-state index < -0.39 is 27.2 Å². The SMILES string of the molecule is CCCN(CCC)c1c([N+](=O)[O-])cc(C(=O)OC)cc1[N+](=O)[O-]. The van der Waals surface area contributed by atoms with Gasteiger partial charge in [-0.2, -0.15) is 0 Å². The Labute approximate surface area is 133 Å². The highest BCUT2D eigenvalue weighted by molar-refractivity contribution is 5.94. The molecule has 1 aromatic rings. The molecule has 23 heavy (non-hydrogen) atoms. The number of ether oxygens (including phenoxy) is 1. The van der Waals surface area contributed by atoms with Gasteiger partial charge in [-0.15, -0.1) is 0 Å². The van der Waals surface area contributed by atoms with Gasteiger partial charge in [0.15, 0.2) is 5.69 Å². The zero-order valence-corrected chi connectivity index (χ0v) is 13.3. The summed E-state index contributed by atoms with van der Waals surface area (Å²) in [6.45, 7) is 4.63. The molecule has 0 saturated carbocycles. The van der Waals surface area contributed by atoms with Crippen molar-refractivity contribution in [2.75, 3.05) is 25.1 Å². The van der Waals surface area contributed by atoms with E-state index in [9.17, 15) is 25.0 Å². The number of rotatable bonds is 8. The standard InChI is InChI=1S/C14H19N3O6/c1-4-6-15(7-5-2)13-11(16(19)20)8-10(14(18)23-3)9-12(13)17(21)22/h8-9H,4-7H2,1-3H3. The average Bonchev–Trinajstić information content (AvgIpc) is 2.52. The Bertz CT molecular complexity index is 576. The second-order valence-electron chi connectivity index (χ2n) is 4.86. The van der Waals surface area contributed by atoms with Crippen LogP contribution in [0.2, 0.25) is 0 Å². The molecule has 1 rings (SSSR count). The molecule has 9 nitrogen and oxygen atoms in total. The number of esters is 1. The first kappa shape index (κ1) is 18.3. The lowest BCUT2D eigenvalue weighted by Gasteiger charge is -2.23. The largest absolute Gasteiger partial charge is 0.465 e. The second kappa shape index (κ2) is 8.06. The number of carbonyl (C=O) groups excluding carboxylic acids is 1.